The summed E-state index contributed by atoms with van der Waals surface area (Å²) in [6.07, 6.45) is 3.79. The smallest absolute Gasteiger partial charge is 0.308 e. The van der Waals surface area contributed by atoms with Crippen LogP contribution in [0.25, 0.3) is 0 Å². The molecule has 0 radical (unpaired) electrons. The Kier molecular flexibility index (Phi) is 3.31. The lowest BCUT2D eigenvalue weighted by molar-refractivity contribution is -0.144. The second-order valence-electron chi connectivity index (χ2n) is 3.82. The fourth-order valence-electron chi connectivity index (χ4n) is 2.54. The predicted molar refractivity (Wildman–Crippen MR) is 51.7 cm³/mol. The average Bonchev–Trinajstić information content (AvgIpc) is 2.50. The molecule has 76 valence electrons. The van der Waals surface area contributed by atoms with E-state index in [4.69, 9.17) is 5.11 Å². The Bertz CT molecular complexity index is 193. The van der Waals surface area contributed by atoms with Gasteiger partial charge in [0.05, 0.1) is 5.92 Å². The fraction of sp³-hybridized carbons (Fsp3) is 0.900. The van der Waals surface area contributed by atoms with E-state index in [1.165, 1.54) is 0 Å². The van der Waals surface area contributed by atoms with Crippen molar-refractivity contribution in [1.29, 1.82) is 0 Å². The standard InChI is InChI=1S/C10H19NO2/c1-3-10(11-4-2)7-5-6-8(10)9(12)13/h8,11H,3-7H2,1-2H3,(H,12,13)/t8-,10+/m1/s1. The van der Waals surface area contributed by atoms with E-state index in [0.717, 1.165) is 32.2 Å². The molecular formula is C10H19NO2. The summed E-state index contributed by atoms with van der Waals surface area (Å²) in [6.45, 7) is 4.97. The fourth-order valence-corrected chi connectivity index (χ4v) is 2.54. The van der Waals surface area contributed by atoms with Gasteiger partial charge in [-0.2, -0.15) is 0 Å². The summed E-state index contributed by atoms with van der Waals surface area (Å²) in [5.41, 5.74) is -0.124. The number of carboxylic acid groups (broad SMARTS) is 1. The average molecular weight is 185 g/mol. The number of hydrogen-bond acceptors (Lipinski definition) is 2. The Morgan fingerprint density at radius 2 is 2.31 bits per heavy atom. The van der Waals surface area contributed by atoms with Crippen molar-refractivity contribution in [3.63, 3.8) is 0 Å². The molecule has 1 rings (SSSR count). The zero-order valence-corrected chi connectivity index (χ0v) is 8.47. The molecular weight excluding hydrogens is 166 g/mol. The monoisotopic (exact) mass is 185 g/mol. The highest BCUT2D eigenvalue weighted by Gasteiger charge is 2.44. The molecule has 0 bridgehead atoms. The first-order valence-electron chi connectivity index (χ1n) is 5.14. The zero-order valence-electron chi connectivity index (χ0n) is 8.47. The van der Waals surface area contributed by atoms with Crippen LogP contribution in [0.4, 0.5) is 0 Å². The lowest BCUT2D eigenvalue weighted by Gasteiger charge is -2.33. The molecule has 0 aromatic rings. The van der Waals surface area contributed by atoms with Gasteiger partial charge in [-0.1, -0.05) is 20.3 Å². The maximum absolute atomic E-state index is 11.0. The minimum atomic E-state index is -0.639. The molecule has 1 saturated carbocycles. The van der Waals surface area contributed by atoms with Crippen LogP contribution < -0.4 is 5.32 Å². The van der Waals surface area contributed by atoms with Gasteiger partial charge in [0.15, 0.2) is 0 Å². The van der Waals surface area contributed by atoms with Crippen LogP contribution in [-0.4, -0.2) is 23.2 Å². The molecule has 1 fully saturated rings. The van der Waals surface area contributed by atoms with Gasteiger partial charge in [0, 0.05) is 5.54 Å². The van der Waals surface area contributed by atoms with Crippen LogP contribution in [0.2, 0.25) is 0 Å². The van der Waals surface area contributed by atoms with Crippen molar-refractivity contribution in [3.8, 4) is 0 Å². The van der Waals surface area contributed by atoms with Gasteiger partial charge >= 0.3 is 5.97 Å². The molecule has 0 spiro atoms. The molecule has 0 amide bonds. The first-order valence-corrected chi connectivity index (χ1v) is 5.14. The number of rotatable bonds is 4. The zero-order chi connectivity index (χ0) is 9.90. The van der Waals surface area contributed by atoms with Gasteiger partial charge in [-0.3, -0.25) is 4.79 Å². The second-order valence-corrected chi connectivity index (χ2v) is 3.82. The molecule has 3 heteroatoms. The molecule has 13 heavy (non-hydrogen) atoms. The molecule has 0 aliphatic heterocycles. The Labute approximate surface area is 79.5 Å². The van der Waals surface area contributed by atoms with Crippen molar-refractivity contribution in [3.05, 3.63) is 0 Å². The van der Waals surface area contributed by atoms with Crippen molar-refractivity contribution < 1.29 is 9.90 Å². The Morgan fingerprint density at radius 3 is 2.77 bits per heavy atom. The SMILES string of the molecule is CCN[C@@]1(CC)CCC[C@@H]1C(=O)O. The third-order valence-corrected chi connectivity index (χ3v) is 3.24. The number of nitrogens with one attached hydrogen (secondary N) is 1. The van der Waals surface area contributed by atoms with E-state index in [1.54, 1.807) is 0 Å². The summed E-state index contributed by atoms with van der Waals surface area (Å²) in [4.78, 5) is 11.0. The van der Waals surface area contributed by atoms with Crippen molar-refractivity contribution in [1.82, 2.24) is 5.32 Å². The predicted octanol–water partition coefficient (Wildman–Crippen LogP) is 1.63. The minimum Gasteiger partial charge on any atom is -0.481 e. The maximum Gasteiger partial charge on any atom is 0.308 e. The van der Waals surface area contributed by atoms with Gasteiger partial charge in [-0.15, -0.1) is 0 Å². The van der Waals surface area contributed by atoms with Gasteiger partial charge < -0.3 is 10.4 Å². The third kappa shape index (κ3) is 1.85. The Balaban J connectivity index is 2.76. The number of carboxylic acids is 1. The third-order valence-electron chi connectivity index (χ3n) is 3.24. The maximum atomic E-state index is 11.0. The molecule has 0 aromatic heterocycles. The number of aliphatic carboxylic acids is 1. The molecule has 0 aromatic carbocycles. The Morgan fingerprint density at radius 1 is 1.62 bits per heavy atom. The summed E-state index contributed by atoms with van der Waals surface area (Å²) < 4.78 is 0. The highest BCUT2D eigenvalue weighted by molar-refractivity contribution is 5.72. The molecule has 0 saturated heterocycles. The van der Waals surface area contributed by atoms with Crippen molar-refractivity contribution >= 4 is 5.97 Å². The van der Waals surface area contributed by atoms with E-state index in [-0.39, 0.29) is 11.5 Å². The van der Waals surface area contributed by atoms with Gasteiger partial charge in [-0.05, 0) is 25.8 Å². The largest absolute Gasteiger partial charge is 0.481 e. The van der Waals surface area contributed by atoms with Crippen LogP contribution in [0, 0.1) is 5.92 Å². The summed E-state index contributed by atoms with van der Waals surface area (Å²) >= 11 is 0. The first kappa shape index (κ1) is 10.5. The van der Waals surface area contributed by atoms with Crippen LogP contribution in [0.5, 0.6) is 0 Å². The topological polar surface area (TPSA) is 49.3 Å². The van der Waals surface area contributed by atoms with Crippen molar-refractivity contribution in [2.24, 2.45) is 5.92 Å². The van der Waals surface area contributed by atoms with Crippen LogP contribution in [-0.2, 0) is 4.79 Å². The van der Waals surface area contributed by atoms with Crippen LogP contribution in [0.1, 0.15) is 39.5 Å². The molecule has 2 atom stereocenters. The number of carbonyl (C=O) groups is 1. The number of hydrogen-bond donors (Lipinski definition) is 2. The summed E-state index contributed by atoms with van der Waals surface area (Å²) in [5.74, 6) is -0.822. The second kappa shape index (κ2) is 4.09. The lowest BCUT2D eigenvalue weighted by Crippen LogP contribution is -2.50. The summed E-state index contributed by atoms with van der Waals surface area (Å²) in [5, 5.41) is 12.4. The molecule has 0 heterocycles. The molecule has 1 aliphatic carbocycles. The van der Waals surface area contributed by atoms with E-state index in [9.17, 15) is 4.79 Å². The van der Waals surface area contributed by atoms with E-state index in [0.29, 0.717) is 0 Å². The molecule has 0 unspecified atom stereocenters. The molecule has 2 N–H and O–H groups in total. The van der Waals surface area contributed by atoms with Gasteiger partial charge in [0.25, 0.3) is 0 Å². The quantitative estimate of drug-likeness (QED) is 0.700. The minimum absolute atomic E-state index is 0.124. The highest BCUT2D eigenvalue weighted by atomic mass is 16.4. The van der Waals surface area contributed by atoms with Gasteiger partial charge in [0.2, 0.25) is 0 Å². The summed E-state index contributed by atoms with van der Waals surface area (Å²) in [6, 6.07) is 0. The molecule has 1 aliphatic rings. The van der Waals surface area contributed by atoms with E-state index in [1.807, 2.05) is 6.92 Å². The highest BCUT2D eigenvalue weighted by Crippen LogP contribution is 2.38. The van der Waals surface area contributed by atoms with E-state index < -0.39 is 5.97 Å². The first-order chi connectivity index (χ1) is 6.16. The van der Waals surface area contributed by atoms with Gasteiger partial charge in [0.1, 0.15) is 0 Å². The lowest BCUT2D eigenvalue weighted by atomic mass is 9.84. The van der Waals surface area contributed by atoms with E-state index in [2.05, 4.69) is 12.2 Å². The van der Waals surface area contributed by atoms with Crippen LogP contribution in [0.3, 0.4) is 0 Å². The normalized spacial score (nSPS) is 33.5. The van der Waals surface area contributed by atoms with E-state index >= 15 is 0 Å². The Hall–Kier alpha value is -0.570. The summed E-state index contributed by atoms with van der Waals surface area (Å²) in [7, 11) is 0. The molecule has 3 nitrogen and oxygen atoms in total. The van der Waals surface area contributed by atoms with Crippen molar-refractivity contribution in [2.75, 3.05) is 6.54 Å². The van der Waals surface area contributed by atoms with Crippen molar-refractivity contribution in [2.45, 2.75) is 45.1 Å². The van der Waals surface area contributed by atoms with Crippen LogP contribution >= 0.6 is 0 Å². The van der Waals surface area contributed by atoms with Gasteiger partial charge in [-0.25, -0.2) is 0 Å². The van der Waals surface area contributed by atoms with Crippen LogP contribution in [0.15, 0.2) is 0 Å².